The first kappa shape index (κ1) is 22.8. The Bertz CT molecular complexity index is 1120. The third-order valence-corrected chi connectivity index (χ3v) is 7.41. The van der Waals surface area contributed by atoms with Crippen LogP contribution in [0.5, 0.6) is 0 Å². The Hall–Kier alpha value is -1.92. The lowest BCUT2D eigenvalue weighted by Gasteiger charge is -2.21. The predicted molar refractivity (Wildman–Crippen MR) is 114 cm³/mol. The SMILES string of the molecule is CO[C@H](c1ncc(Cl)cn1)[C@H](C)S(=O)(=O)Cc1nnc(CO)n1-c1ccccc1Br. The molecule has 2 atom stereocenters. The Morgan fingerprint density at radius 3 is 2.43 bits per heavy atom. The van der Waals surface area contributed by atoms with Crippen molar-refractivity contribution in [2.24, 2.45) is 0 Å². The van der Waals surface area contributed by atoms with Crippen LogP contribution in [-0.4, -0.2) is 50.6 Å². The van der Waals surface area contributed by atoms with Crippen molar-refractivity contribution in [2.75, 3.05) is 7.11 Å². The lowest BCUT2D eigenvalue weighted by Crippen LogP contribution is -2.30. The Labute approximate surface area is 187 Å². The van der Waals surface area contributed by atoms with Gasteiger partial charge in [0, 0.05) is 24.0 Å². The minimum absolute atomic E-state index is 0.171. The standard InChI is InChI=1S/C18H19BrClN5O4S/c1-11(17(29-2)18-21-7-12(20)8-22-18)30(27,28)10-16-24-23-15(9-26)25(16)14-6-4-3-5-13(14)19/h3-8,11,17,26H,9-10H2,1-2H3/t11-,17-/m0/s1. The number of rotatable bonds is 8. The molecule has 0 fully saturated rings. The van der Waals surface area contributed by atoms with Crippen LogP contribution >= 0.6 is 27.5 Å². The van der Waals surface area contributed by atoms with Gasteiger partial charge in [0.05, 0.1) is 16.0 Å². The quantitative estimate of drug-likeness (QED) is 0.485. The van der Waals surface area contributed by atoms with Gasteiger partial charge in [-0.3, -0.25) is 4.57 Å². The van der Waals surface area contributed by atoms with Crippen molar-refractivity contribution in [1.29, 1.82) is 0 Å². The minimum Gasteiger partial charge on any atom is -0.388 e. The Balaban J connectivity index is 1.96. The van der Waals surface area contributed by atoms with Gasteiger partial charge in [-0.15, -0.1) is 10.2 Å². The van der Waals surface area contributed by atoms with E-state index in [4.69, 9.17) is 16.3 Å². The third kappa shape index (κ3) is 4.70. The highest BCUT2D eigenvalue weighted by molar-refractivity contribution is 9.10. The number of ether oxygens (including phenoxy) is 1. The number of para-hydroxylation sites is 1. The van der Waals surface area contributed by atoms with E-state index < -0.39 is 33.6 Å². The van der Waals surface area contributed by atoms with Crippen molar-refractivity contribution >= 4 is 37.4 Å². The molecule has 3 aromatic rings. The second kappa shape index (κ2) is 9.48. The van der Waals surface area contributed by atoms with Gasteiger partial charge >= 0.3 is 0 Å². The summed E-state index contributed by atoms with van der Waals surface area (Å²) in [6, 6.07) is 7.19. The van der Waals surface area contributed by atoms with Crippen molar-refractivity contribution in [3.05, 3.63) is 63.6 Å². The molecule has 0 spiro atoms. The molecule has 0 saturated heterocycles. The van der Waals surface area contributed by atoms with E-state index in [1.807, 2.05) is 6.07 Å². The Kier molecular flexibility index (Phi) is 7.19. The summed E-state index contributed by atoms with van der Waals surface area (Å²) in [6.45, 7) is 1.12. The molecule has 1 N–H and O–H groups in total. The zero-order chi connectivity index (χ0) is 21.9. The molecular weight excluding hydrogens is 498 g/mol. The van der Waals surface area contributed by atoms with E-state index in [2.05, 4.69) is 36.1 Å². The van der Waals surface area contributed by atoms with Crippen molar-refractivity contribution in [2.45, 2.75) is 30.6 Å². The summed E-state index contributed by atoms with van der Waals surface area (Å²) in [5.74, 6) is 0.186. The maximum absolute atomic E-state index is 13.2. The van der Waals surface area contributed by atoms with Crippen LogP contribution < -0.4 is 0 Å². The molecule has 3 rings (SSSR count). The molecule has 9 nitrogen and oxygen atoms in total. The molecule has 0 amide bonds. The number of aliphatic hydroxyl groups is 1. The van der Waals surface area contributed by atoms with E-state index in [-0.39, 0.29) is 17.5 Å². The zero-order valence-corrected chi connectivity index (χ0v) is 19.3. The monoisotopic (exact) mass is 515 g/mol. The number of sulfone groups is 1. The lowest BCUT2D eigenvalue weighted by atomic mass is 10.2. The van der Waals surface area contributed by atoms with Crippen LogP contribution in [0.25, 0.3) is 5.69 Å². The van der Waals surface area contributed by atoms with Crippen LogP contribution in [0.2, 0.25) is 5.02 Å². The van der Waals surface area contributed by atoms with Crippen LogP contribution in [0.4, 0.5) is 0 Å². The van der Waals surface area contributed by atoms with E-state index in [1.54, 1.807) is 18.2 Å². The fourth-order valence-electron chi connectivity index (χ4n) is 2.94. The van der Waals surface area contributed by atoms with Gasteiger partial charge < -0.3 is 9.84 Å². The van der Waals surface area contributed by atoms with Gasteiger partial charge in [0.25, 0.3) is 0 Å². The minimum atomic E-state index is -3.78. The molecule has 0 bridgehead atoms. The van der Waals surface area contributed by atoms with Gasteiger partial charge in [-0.1, -0.05) is 23.7 Å². The summed E-state index contributed by atoms with van der Waals surface area (Å²) in [5.41, 5.74) is 0.619. The first-order valence-corrected chi connectivity index (χ1v) is 11.7. The number of aliphatic hydroxyl groups excluding tert-OH is 1. The Morgan fingerprint density at radius 1 is 1.20 bits per heavy atom. The highest BCUT2D eigenvalue weighted by Gasteiger charge is 2.34. The highest BCUT2D eigenvalue weighted by atomic mass is 79.9. The average Bonchev–Trinajstić information content (AvgIpc) is 3.12. The molecule has 0 aliphatic carbocycles. The van der Waals surface area contributed by atoms with Crippen molar-refractivity contribution in [1.82, 2.24) is 24.7 Å². The van der Waals surface area contributed by atoms with Gasteiger partial charge in [0.1, 0.15) is 18.5 Å². The fourth-order valence-corrected chi connectivity index (χ4v) is 4.92. The van der Waals surface area contributed by atoms with Gasteiger partial charge in [0.2, 0.25) is 0 Å². The van der Waals surface area contributed by atoms with Crippen molar-refractivity contribution < 1.29 is 18.3 Å². The van der Waals surface area contributed by atoms with E-state index in [0.29, 0.717) is 15.2 Å². The van der Waals surface area contributed by atoms with E-state index in [9.17, 15) is 13.5 Å². The lowest BCUT2D eigenvalue weighted by molar-refractivity contribution is 0.0948. The molecule has 1 aromatic carbocycles. The molecular formula is C18H19BrClN5O4S. The smallest absolute Gasteiger partial charge is 0.163 e. The van der Waals surface area contributed by atoms with Crippen LogP contribution in [0.3, 0.4) is 0 Å². The van der Waals surface area contributed by atoms with Gasteiger partial charge in [0.15, 0.2) is 27.3 Å². The molecule has 0 aliphatic heterocycles. The first-order chi connectivity index (χ1) is 14.3. The number of hydrogen-bond donors (Lipinski definition) is 1. The van der Waals surface area contributed by atoms with Crippen LogP contribution in [0.15, 0.2) is 41.1 Å². The summed E-state index contributed by atoms with van der Waals surface area (Å²) in [5, 5.41) is 16.9. The number of hydrogen-bond acceptors (Lipinski definition) is 8. The summed E-state index contributed by atoms with van der Waals surface area (Å²) in [6.07, 6.45) is 1.86. The third-order valence-electron chi connectivity index (χ3n) is 4.50. The molecule has 0 unspecified atom stereocenters. The van der Waals surface area contributed by atoms with Gasteiger partial charge in [-0.2, -0.15) is 0 Å². The van der Waals surface area contributed by atoms with Crippen LogP contribution in [-0.2, 0) is 26.9 Å². The summed E-state index contributed by atoms with van der Waals surface area (Å²) in [7, 11) is -2.39. The zero-order valence-electron chi connectivity index (χ0n) is 16.1. The van der Waals surface area contributed by atoms with Crippen molar-refractivity contribution in [3.8, 4) is 5.69 Å². The predicted octanol–water partition coefficient (Wildman–Crippen LogP) is 2.66. The Morgan fingerprint density at radius 2 is 1.83 bits per heavy atom. The summed E-state index contributed by atoms with van der Waals surface area (Å²) >= 11 is 9.25. The molecule has 0 aliphatic rings. The molecule has 2 heterocycles. The molecule has 160 valence electrons. The number of methoxy groups -OCH3 is 1. The average molecular weight is 517 g/mol. The van der Waals surface area contributed by atoms with Crippen molar-refractivity contribution in [3.63, 3.8) is 0 Å². The molecule has 30 heavy (non-hydrogen) atoms. The number of nitrogens with zero attached hydrogens (tertiary/aromatic N) is 5. The fraction of sp³-hybridized carbons (Fsp3) is 0.333. The molecule has 0 saturated carbocycles. The maximum atomic E-state index is 13.2. The molecule has 12 heteroatoms. The maximum Gasteiger partial charge on any atom is 0.163 e. The number of benzene rings is 1. The van der Waals surface area contributed by atoms with Gasteiger partial charge in [-0.05, 0) is 35.0 Å². The topological polar surface area (TPSA) is 120 Å². The van der Waals surface area contributed by atoms with E-state index >= 15 is 0 Å². The first-order valence-electron chi connectivity index (χ1n) is 8.79. The molecule has 2 aromatic heterocycles. The number of halogens is 2. The van der Waals surface area contributed by atoms with E-state index in [0.717, 1.165) is 0 Å². The van der Waals surface area contributed by atoms with E-state index in [1.165, 1.54) is 31.0 Å². The number of aromatic nitrogens is 5. The molecule has 0 radical (unpaired) electrons. The highest BCUT2D eigenvalue weighted by Crippen LogP contribution is 2.28. The van der Waals surface area contributed by atoms with Gasteiger partial charge in [-0.25, -0.2) is 18.4 Å². The van der Waals surface area contributed by atoms with Crippen LogP contribution in [0.1, 0.15) is 30.5 Å². The second-order valence-corrected chi connectivity index (χ2v) is 10.1. The summed E-state index contributed by atoms with van der Waals surface area (Å²) < 4.78 is 34.0. The normalized spacial score (nSPS) is 13.9. The summed E-state index contributed by atoms with van der Waals surface area (Å²) in [4.78, 5) is 8.16. The second-order valence-electron chi connectivity index (χ2n) is 6.41. The largest absolute Gasteiger partial charge is 0.388 e. The van der Waals surface area contributed by atoms with Crippen LogP contribution in [0, 0.1) is 0 Å².